The Hall–Kier alpha value is -4.17. The molecule has 1 heterocycles. The average molecular weight is 532 g/mol. The van der Waals surface area contributed by atoms with E-state index < -0.39 is 0 Å². The lowest BCUT2D eigenvalue weighted by Gasteiger charge is -2.13. The molecular weight excluding hydrogens is 497 g/mol. The minimum Gasteiger partial charge on any atom is -0.494 e. The fraction of sp³-hybridized carbons (Fsp3) is 0.290. The Morgan fingerprint density at radius 3 is 2.38 bits per heavy atom. The normalized spacial score (nSPS) is 11.1. The third kappa shape index (κ3) is 6.64. The van der Waals surface area contributed by atoms with Crippen molar-refractivity contribution in [1.29, 1.82) is 0 Å². The number of carbonyl (C=O) groups excluding carboxylic acids is 2. The van der Waals surface area contributed by atoms with Crippen molar-refractivity contribution in [2.75, 3.05) is 26.7 Å². The van der Waals surface area contributed by atoms with Crippen LogP contribution in [-0.2, 0) is 0 Å². The molecule has 0 aliphatic carbocycles. The van der Waals surface area contributed by atoms with E-state index in [9.17, 15) is 14.0 Å². The second kappa shape index (κ2) is 12.6. The average Bonchev–Trinajstić information content (AvgIpc) is 3.32. The van der Waals surface area contributed by atoms with Crippen LogP contribution in [0.15, 0.2) is 65.1 Å². The lowest BCUT2D eigenvalue weighted by atomic mass is 9.98. The number of benzene rings is 3. The van der Waals surface area contributed by atoms with Gasteiger partial charge in [0.25, 0.3) is 11.8 Å². The summed E-state index contributed by atoms with van der Waals surface area (Å²) in [6.45, 7) is 5.69. The smallest absolute Gasteiger partial charge is 0.255 e. The van der Waals surface area contributed by atoms with Crippen molar-refractivity contribution < 1.29 is 23.1 Å². The first-order valence-electron chi connectivity index (χ1n) is 13.1. The van der Waals surface area contributed by atoms with E-state index in [1.165, 1.54) is 12.1 Å². The quantitative estimate of drug-likeness (QED) is 0.213. The van der Waals surface area contributed by atoms with E-state index in [2.05, 4.69) is 10.6 Å². The maximum Gasteiger partial charge on any atom is 0.255 e. The molecule has 7 nitrogen and oxygen atoms in total. The minimum atomic E-state index is -0.378. The highest BCUT2D eigenvalue weighted by Crippen LogP contribution is 2.37. The van der Waals surface area contributed by atoms with Crippen LogP contribution in [0.5, 0.6) is 5.75 Å². The molecule has 0 atom stereocenters. The molecule has 4 aromatic rings. The van der Waals surface area contributed by atoms with E-state index in [4.69, 9.17) is 14.9 Å². The van der Waals surface area contributed by atoms with Gasteiger partial charge in [-0.2, -0.15) is 0 Å². The van der Waals surface area contributed by atoms with Gasteiger partial charge < -0.3 is 25.5 Å². The topological polar surface area (TPSA) is 107 Å². The summed E-state index contributed by atoms with van der Waals surface area (Å²) in [5.41, 5.74) is 9.08. The van der Waals surface area contributed by atoms with Crippen LogP contribution in [0.2, 0.25) is 0 Å². The number of carbonyl (C=O) groups is 2. The van der Waals surface area contributed by atoms with Crippen LogP contribution >= 0.6 is 0 Å². The highest BCUT2D eigenvalue weighted by molar-refractivity contribution is 6.12. The van der Waals surface area contributed by atoms with E-state index in [1.54, 1.807) is 31.3 Å². The highest BCUT2D eigenvalue weighted by Gasteiger charge is 2.22. The Kier molecular flexibility index (Phi) is 8.99. The molecule has 0 saturated heterocycles. The highest BCUT2D eigenvalue weighted by atomic mass is 19.1. The number of hydrogen-bond donors (Lipinski definition) is 3. The molecule has 4 rings (SSSR count). The Morgan fingerprint density at radius 2 is 1.69 bits per heavy atom. The van der Waals surface area contributed by atoms with Crippen LogP contribution in [-0.4, -0.2) is 38.6 Å². The molecule has 0 unspecified atom stereocenters. The first kappa shape index (κ1) is 27.9. The van der Waals surface area contributed by atoms with Gasteiger partial charge in [-0.15, -0.1) is 0 Å². The third-order valence-electron chi connectivity index (χ3n) is 6.29. The maximum atomic E-state index is 13.5. The van der Waals surface area contributed by atoms with Gasteiger partial charge in [-0.25, -0.2) is 4.39 Å². The summed E-state index contributed by atoms with van der Waals surface area (Å²) in [5, 5.41) is 6.24. The standard InChI is InChI=1S/C31H34FN3O4/c1-19(2)18-35-30(36)23-14-22(15-25(16-23)38-13-5-4-12-33)21-8-11-27-26(17-21)28(31(37)34-3)29(39-27)20-6-9-24(32)10-7-20/h6-11,14-17,19H,4-5,12-13,18,33H2,1-3H3,(H,34,37)(H,35,36). The summed E-state index contributed by atoms with van der Waals surface area (Å²) in [7, 11) is 1.55. The van der Waals surface area contributed by atoms with Crippen LogP contribution in [0.1, 0.15) is 47.4 Å². The zero-order valence-corrected chi connectivity index (χ0v) is 22.5. The second-order valence-electron chi connectivity index (χ2n) is 9.80. The van der Waals surface area contributed by atoms with Crippen molar-refractivity contribution in [3.05, 3.63) is 77.6 Å². The van der Waals surface area contributed by atoms with Gasteiger partial charge in [0.05, 0.1) is 12.2 Å². The number of ether oxygens (including phenoxy) is 1. The van der Waals surface area contributed by atoms with Crippen molar-refractivity contribution in [2.24, 2.45) is 11.7 Å². The van der Waals surface area contributed by atoms with Crippen LogP contribution < -0.4 is 21.1 Å². The zero-order chi connectivity index (χ0) is 27.9. The fourth-order valence-electron chi connectivity index (χ4n) is 4.25. The van der Waals surface area contributed by atoms with Crippen LogP contribution in [0.25, 0.3) is 33.4 Å². The molecule has 1 aromatic heterocycles. The van der Waals surface area contributed by atoms with Crippen molar-refractivity contribution in [3.63, 3.8) is 0 Å². The van der Waals surface area contributed by atoms with Crippen molar-refractivity contribution in [1.82, 2.24) is 10.6 Å². The molecule has 0 fully saturated rings. The Morgan fingerprint density at radius 1 is 0.949 bits per heavy atom. The summed E-state index contributed by atoms with van der Waals surface area (Å²) in [5.74, 6) is 0.350. The van der Waals surface area contributed by atoms with Crippen molar-refractivity contribution >= 4 is 22.8 Å². The second-order valence-corrected chi connectivity index (χ2v) is 9.80. The molecule has 8 heteroatoms. The lowest BCUT2D eigenvalue weighted by Crippen LogP contribution is -2.27. The molecule has 0 bridgehead atoms. The molecule has 0 spiro atoms. The molecular formula is C31H34FN3O4. The van der Waals surface area contributed by atoms with E-state index in [0.717, 1.165) is 24.0 Å². The van der Waals surface area contributed by atoms with Gasteiger partial charge in [-0.05, 0) is 91.0 Å². The number of rotatable bonds is 11. The maximum absolute atomic E-state index is 13.5. The zero-order valence-electron chi connectivity index (χ0n) is 22.5. The number of hydrogen-bond acceptors (Lipinski definition) is 5. The predicted octanol–water partition coefficient (Wildman–Crippen LogP) is 5.77. The number of unbranched alkanes of at least 4 members (excludes halogenated alkanes) is 1. The van der Waals surface area contributed by atoms with Gasteiger partial charge >= 0.3 is 0 Å². The predicted molar refractivity (Wildman–Crippen MR) is 151 cm³/mol. The monoisotopic (exact) mass is 531 g/mol. The summed E-state index contributed by atoms with van der Waals surface area (Å²) < 4.78 is 25.6. The van der Waals surface area contributed by atoms with E-state index >= 15 is 0 Å². The third-order valence-corrected chi connectivity index (χ3v) is 6.29. The molecule has 0 aliphatic heterocycles. The van der Waals surface area contributed by atoms with Gasteiger partial charge in [0.15, 0.2) is 0 Å². The lowest BCUT2D eigenvalue weighted by molar-refractivity contribution is 0.0945. The summed E-state index contributed by atoms with van der Waals surface area (Å²) >= 11 is 0. The Balaban J connectivity index is 1.79. The van der Waals surface area contributed by atoms with Gasteiger partial charge in [0.1, 0.15) is 22.9 Å². The molecule has 3 aromatic carbocycles. The van der Waals surface area contributed by atoms with Gasteiger partial charge in [0, 0.05) is 30.1 Å². The minimum absolute atomic E-state index is 0.189. The molecule has 0 aliphatic rings. The molecule has 4 N–H and O–H groups in total. The largest absolute Gasteiger partial charge is 0.494 e. The molecule has 0 radical (unpaired) electrons. The van der Waals surface area contributed by atoms with E-state index in [1.807, 2.05) is 38.1 Å². The molecule has 0 saturated carbocycles. The first-order valence-corrected chi connectivity index (χ1v) is 13.1. The number of nitrogens with one attached hydrogen (secondary N) is 2. The fourth-order valence-corrected chi connectivity index (χ4v) is 4.25. The van der Waals surface area contributed by atoms with Gasteiger partial charge in [-0.1, -0.05) is 19.9 Å². The Labute approximate surface area is 227 Å². The van der Waals surface area contributed by atoms with Crippen molar-refractivity contribution in [2.45, 2.75) is 26.7 Å². The summed E-state index contributed by atoms with van der Waals surface area (Å²) in [6, 6.07) is 16.8. The molecule has 39 heavy (non-hydrogen) atoms. The number of nitrogens with two attached hydrogens (primary N) is 1. The van der Waals surface area contributed by atoms with Gasteiger partial charge in [0.2, 0.25) is 0 Å². The van der Waals surface area contributed by atoms with Gasteiger partial charge in [-0.3, -0.25) is 9.59 Å². The SMILES string of the molecule is CNC(=O)c1c(-c2ccc(F)cc2)oc2ccc(-c3cc(OCCCCN)cc(C(=O)NCC(C)C)c3)cc12. The number of amides is 2. The number of fused-ring (bicyclic) bond motifs is 1. The summed E-state index contributed by atoms with van der Waals surface area (Å²) in [6.07, 6.45) is 1.65. The molecule has 204 valence electrons. The van der Waals surface area contributed by atoms with Crippen molar-refractivity contribution in [3.8, 4) is 28.2 Å². The first-order chi connectivity index (χ1) is 18.8. The summed E-state index contributed by atoms with van der Waals surface area (Å²) in [4.78, 5) is 25.9. The van der Waals surface area contributed by atoms with Crippen LogP contribution in [0.4, 0.5) is 4.39 Å². The van der Waals surface area contributed by atoms with Crippen LogP contribution in [0.3, 0.4) is 0 Å². The number of halogens is 1. The van der Waals surface area contributed by atoms with Crippen LogP contribution in [0, 0.1) is 11.7 Å². The van der Waals surface area contributed by atoms with E-state index in [0.29, 0.717) is 64.8 Å². The molecule has 2 amide bonds. The van der Waals surface area contributed by atoms with E-state index in [-0.39, 0.29) is 17.6 Å². The Bertz CT molecular complexity index is 1460. The number of furan rings is 1.